The number of benzene rings is 1. The quantitative estimate of drug-likeness (QED) is 0.608. The number of rotatable bonds is 0. The van der Waals surface area contributed by atoms with Gasteiger partial charge in [0.1, 0.15) is 0 Å². The predicted octanol–water partition coefficient (Wildman–Crippen LogP) is 2.81. The lowest BCUT2D eigenvalue weighted by atomic mass is 10.1. The summed E-state index contributed by atoms with van der Waals surface area (Å²) in [4.78, 5) is 0. The van der Waals surface area contributed by atoms with E-state index in [0.717, 1.165) is 11.5 Å². The maximum Gasteiger partial charge on any atom is 0.246 e. The van der Waals surface area contributed by atoms with Gasteiger partial charge in [-0.3, -0.25) is 0 Å². The molecule has 0 N–H and O–H groups in total. The highest BCUT2D eigenvalue weighted by atomic mass is 16.7. The van der Waals surface area contributed by atoms with Crippen molar-refractivity contribution in [2.24, 2.45) is 0 Å². The van der Waals surface area contributed by atoms with Crippen molar-refractivity contribution in [2.75, 3.05) is 0 Å². The normalized spacial score (nSPS) is 17.5. The summed E-state index contributed by atoms with van der Waals surface area (Å²) in [5.41, 5.74) is 2.47. The van der Waals surface area contributed by atoms with Crippen LogP contribution in [-0.4, -0.2) is 5.79 Å². The van der Waals surface area contributed by atoms with E-state index in [1.54, 1.807) is 0 Å². The Hall–Kier alpha value is -1.18. The molecule has 0 aliphatic carbocycles. The molecule has 0 amide bonds. The topological polar surface area (TPSA) is 18.5 Å². The molecule has 2 heteroatoms. The van der Waals surface area contributed by atoms with Gasteiger partial charge in [0.15, 0.2) is 11.5 Å². The Balaban J connectivity index is 2.48. The van der Waals surface area contributed by atoms with E-state index < -0.39 is 5.79 Å². The van der Waals surface area contributed by atoms with Crippen LogP contribution in [0.4, 0.5) is 0 Å². The number of aryl methyl sites for hydroxylation is 2. The van der Waals surface area contributed by atoms with Crippen molar-refractivity contribution in [3.8, 4) is 11.5 Å². The standard InChI is InChI=1S/C11H14O2/c1-7-5-9-10(6-8(7)2)13-11(3,4)12-9/h5-6H,1-4H3. The molecule has 0 bridgehead atoms. The molecule has 0 radical (unpaired) electrons. The maximum absolute atomic E-state index is 5.61. The molecule has 0 aromatic heterocycles. The molecule has 0 spiro atoms. The summed E-state index contributed by atoms with van der Waals surface area (Å²) in [6, 6.07) is 4.05. The molecule has 0 fully saturated rings. The zero-order valence-corrected chi connectivity index (χ0v) is 8.47. The zero-order chi connectivity index (χ0) is 9.64. The fourth-order valence-electron chi connectivity index (χ4n) is 1.47. The van der Waals surface area contributed by atoms with Crippen molar-refractivity contribution in [2.45, 2.75) is 33.5 Å². The lowest BCUT2D eigenvalue weighted by molar-refractivity contribution is -0.0431. The monoisotopic (exact) mass is 178 g/mol. The Kier molecular flexibility index (Phi) is 1.56. The molecule has 0 saturated carbocycles. The summed E-state index contributed by atoms with van der Waals surface area (Å²) in [5, 5.41) is 0. The Morgan fingerprint density at radius 2 is 1.31 bits per heavy atom. The molecule has 1 aromatic carbocycles. The Morgan fingerprint density at radius 3 is 1.69 bits per heavy atom. The van der Waals surface area contributed by atoms with E-state index in [2.05, 4.69) is 13.8 Å². The van der Waals surface area contributed by atoms with Crippen LogP contribution in [0, 0.1) is 13.8 Å². The summed E-state index contributed by atoms with van der Waals surface area (Å²) in [5.74, 6) is 1.20. The van der Waals surface area contributed by atoms with Crippen LogP contribution in [0.2, 0.25) is 0 Å². The summed E-state index contributed by atoms with van der Waals surface area (Å²) in [7, 11) is 0. The number of ether oxygens (including phenoxy) is 2. The van der Waals surface area contributed by atoms with Gasteiger partial charge in [0.2, 0.25) is 5.79 Å². The third kappa shape index (κ3) is 1.37. The molecule has 0 saturated heterocycles. The first kappa shape index (κ1) is 8.42. The molecule has 1 aliphatic rings. The first-order valence-corrected chi connectivity index (χ1v) is 4.47. The highest BCUT2D eigenvalue weighted by Gasteiger charge is 2.31. The molecule has 13 heavy (non-hydrogen) atoms. The summed E-state index contributed by atoms with van der Waals surface area (Å²) < 4.78 is 11.2. The molecule has 2 nitrogen and oxygen atoms in total. The minimum atomic E-state index is -0.511. The van der Waals surface area contributed by atoms with E-state index in [1.165, 1.54) is 11.1 Å². The zero-order valence-electron chi connectivity index (χ0n) is 8.47. The molecule has 2 rings (SSSR count). The largest absolute Gasteiger partial charge is 0.449 e. The average molecular weight is 178 g/mol. The van der Waals surface area contributed by atoms with Gasteiger partial charge in [0, 0.05) is 13.8 Å². The van der Waals surface area contributed by atoms with E-state index in [-0.39, 0.29) is 0 Å². The second-order valence-electron chi connectivity index (χ2n) is 3.99. The van der Waals surface area contributed by atoms with E-state index in [1.807, 2.05) is 26.0 Å². The van der Waals surface area contributed by atoms with Gasteiger partial charge in [-0.25, -0.2) is 0 Å². The van der Waals surface area contributed by atoms with Crippen molar-refractivity contribution < 1.29 is 9.47 Å². The Morgan fingerprint density at radius 1 is 0.923 bits per heavy atom. The van der Waals surface area contributed by atoms with Crippen LogP contribution in [0.5, 0.6) is 11.5 Å². The summed E-state index contributed by atoms with van der Waals surface area (Å²) in [6.07, 6.45) is 0. The fraction of sp³-hybridized carbons (Fsp3) is 0.455. The van der Waals surface area contributed by atoms with Gasteiger partial charge in [0.05, 0.1) is 0 Å². The molecule has 70 valence electrons. The van der Waals surface area contributed by atoms with Crippen LogP contribution in [-0.2, 0) is 0 Å². The van der Waals surface area contributed by atoms with Gasteiger partial charge < -0.3 is 9.47 Å². The van der Waals surface area contributed by atoms with Crippen LogP contribution in [0.15, 0.2) is 12.1 Å². The van der Waals surface area contributed by atoms with Crippen LogP contribution in [0.25, 0.3) is 0 Å². The SMILES string of the molecule is Cc1cc2c(cc1C)OC(C)(C)O2. The molecular formula is C11H14O2. The number of fused-ring (bicyclic) bond motifs is 1. The van der Waals surface area contributed by atoms with Gasteiger partial charge >= 0.3 is 0 Å². The third-order valence-electron chi connectivity index (χ3n) is 2.27. The maximum atomic E-state index is 5.61. The summed E-state index contributed by atoms with van der Waals surface area (Å²) >= 11 is 0. The van der Waals surface area contributed by atoms with Gasteiger partial charge in [-0.1, -0.05) is 0 Å². The van der Waals surface area contributed by atoms with Crippen LogP contribution in [0.1, 0.15) is 25.0 Å². The smallest absolute Gasteiger partial charge is 0.246 e. The van der Waals surface area contributed by atoms with Crippen LogP contribution < -0.4 is 9.47 Å². The van der Waals surface area contributed by atoms with Crippen molar-refractivity contribution in [1.82, 2.24) is 0 Å². The lowest BCUT2D eigenvalue weighted by Gasteiger charge is -2.16. The van der Waals surface area contributed by atoms with Gasteiger partial charge in [-0.15, -0.1) is 0 Å². The fourth-order valence-corrected chi connectivity index (χ4v) is 1.47. The van der Waals surface area contributed by atoms with E-state index in [9.17, 15) is 0 Å². The second kappa shape index (κ2) is 2.41. The average Bonchev–Trinajstić information content (AvgIpc) is 2.24. The second-order valence-corrected chi connectivity index (χ2v) is 3.99. The van der Waals surface area contributed by atoms with E-state index in [4.69, 9.17) is 9.47 Å². The summed E-state index contributed by atoms with van der Waals surface area (Å²) in [6.45, 7) is 7.98. The Bertz CT molecular complexity index is 320. The highest BCUT2D eigenvalue weighted by Crippen LogP contribution is 2.40. The predicted molar refractivity (Wildman–Crippen MR) is 51.3 cm³/mol. The van der Waals surface area contributed by atoms with Gasteiger partial charge in [-0.05, 0) is 37.1 Å². The molecular weight excluding hydrogens is 164 g/mol. The van der Waals surface area contributed by atoms with Crippen LogP contribution >= 0.6 is 0 Å². The minimum absolute atomic E-state index is 0.511. The van der Waals surface area contributed by atoms with Crippen molar-refractivity contribution in [3.05, 3.63) is 23.3 Å². The molecule has 1 aliphatic heterocycles. The number of hydrogen-bond acceptors (Lipinski definition) is 2. The Labute approximate surface area is 78.5 Å². The lowest BCUT2D eigenvalue weighted by Crippen LogP contribution is -2.29. The van der Waals surface area contributed by atoms with Crippen LogP contribution in [0.3, 0.4) is 0 Å². The van der Waals surface area contributed by atoms with E-state index in [0.29, 0.717) is 0 Å². The highest BCUT2D eigenvalue weighted by molar-refractivity contribution is 5.48. The van der Waals surface area contributed by atoms with Crippen molar-refractivity contribution in [3.63, 3.8) is 0 Å². The van der Waals surface area contributed by atoms with Crippen molar-refractivity contribution >= 4 is 0 Å². The van der Waals surface area contributed by atoms with Gasteiger partial charge in [0.25, 0.3) is 0 Å². The minimum Gasteiger partial charge on any atom is -0.449 e. The first-order chi connectivity index (χ1) is 5.98. The molecule has 1 heterocycles. The molecule has 1 aromatic rings. The number of hydrogen-bond donors (Lipinski definition) is 0. The third-order valence-corrected chi connectivity index (χ3v) is 2.27. The van der Waals surface area contributed by atoms with Gasteiger partial charge in [-0.2, -0.15) is 0 Å². The first-order valence-electron chi connectivity index (χ1n) is 4.47. The van der Waals surface area contributed by atoms with E-state index >= 15 is 0 Å². The van der Waals surface area contributed by atoms with Crippen molar-refractivity contribution in [1.29, 1.82) is 0 Å². The molecule has 0 atom stereocenters. The molecule has 0 unspecified atom stereocenters.